The second-order valence-corrected chi connectivity index (χ2v) is 7.54. The van der Waals surface area contributed by atoms with Crippen molar-refractivity contribution >= 4 is 17.7 Å². The normalized spacial score (nSPS) is 15.0. The molecule has 1 saturated heterocycles. The zero-order chi connectivity index (χ0) is 21.0. The molecular formula is C23H26N2O4. The van der Waals surface area contributed by atoms with E-state index in [1.807, 2.05) is 24.3 Å². The molecule has 0 spiro atoms. The molecule has 1 aliphatic heterocycles. The summed E-state index contributed by atoms with van der Waals surface area (Å²) in [4.78, 5) is 37.5. The number of likely N-dealkylation sites (tertiary alicyclic amines) is 1. The SMILES string of the molecule is COc1ccc([C@H](NC(=O)c2ccc(CN3C(=O)CCC3=O)cc2)C(C)C)cc1. The van der Waals surface area contributed by atoms with Crippen LogP contribution in [0, 0.1) is 5.92 Å². The monoisotopic (exact) mass is 394 g/mol. The molecule has 1 heterocycles. The van der Waals surface area contributed by atoms with Gasteiger partial charge in [0.2, 0.25) is 11.8 Å². The summed E-state index contributed by atoms with van der Waals surface area (Å²) in [6.45, 7) is 4.37. The third kappa shape index (κ3) is 4.83. The summed E-state index contributed by atoms with van der Waals surface area (Å²) in [5, 5.41) is 3.09. The highest BCUT2D eigenvalue weighted by Gasteiger charge is 2.28. The highest BCUT2D eigenvalue weighted by atomic mass is 16.5. The zero-order valence-corrected chi connectivity index (χ0v) is 17.0. The van der Waals surface area contributed by atoms with Gasteiger partial charge in [0.1, 0.15) is 5.75 Å². The molecule has 0 unspecified atom stereocenters. The maximum Gasteiger partial charge on any atom is 0.251 e. The van der Waals surface area contributed by atoms with Gasteiger partial charge in [-0.05, 0) is 41.3 Å². The van der Waals surface area contributed by atoms with Crippen LogP contribution in [0.1, 0.15) is 54.2 Å². The largest absolute Gasteiger partial charge is 0.497 e. The van der Waals surface area contributed by atoms with Gasteiger partial charge >= 0.3 is 0 Å². The number of rotatable bonds is 7. The number of hydrogen-bond acceptors (Lipinski definition) is 4. The molecule has 2 aromatic rings. The Kier molecular flexibility index (Phi) is 6.32. The molecule has 2 aromatic carbocycles. The van der Waals surface area contributed by atoms with E-state index in [1.165, 1.54) is 4.90 Å². The Hall–Kier alpha value is -3.15. The average Bonchev–Trinajstić information content (AvgIpc) is 3.04. The Bertz CT molecular complexity index is 872. The third-order valence-corrected chi connectivity index (χ3v) is 5.14. The van der Waals surface area contributed by atoms with Crippen molar-refractivity contribution in [3.8, 4) is 5.75 Å². The third-order valence-electron chi connectivity index (χ3n) is 5.14. The summed E-state index contributed by atoms with van der Waals surface area (Å²) < 4.78 is 5.20. The first-order valence-corrected chi connectivity index (χ1v) is 9.76. The van der Waals surface area contributed by atoms with E-state index in [4.69, 9.17) is 4.74 Å². The van der Waals surface area contributed by atoms with Crippen LogP contribution in [-0.2, 0) is 16.1 Å². The number of imide groups is 1. The number of nitrogens with one attached hydrogen (secondary N) is 1. The summed E-state index contributed by atoms with van der Waals surface area (Å²) in [5.41, 5.74) is 2.37. The second-order valence-electron chi connectivity index (χ2n) is 7.54. The number of amides is 3. The van der Waals surface area contributed by atoms with Gasteiger partial charge in [-0.2, -0.15) is 0 Å². The van der Waals surface area contributed by atoms with E-state index >= 15 is 0 Å². The highest BCUT2D eigenvalue weighted by Crippen LogP contribution is 2.24. The number of carbonyl (C=O) groups is 3. The van der Waals surface area contributed by atoms with Crippen molar-refractivity contribution in [1.82, 2.24) is 10.2 Å². The van der Waals surface area contributed by atoms with Crippen molar-refractivity contribution in [2.75, 3.05) is 7.11 Å². The Balaban J connectivity index is 1.68. The van der Waals surface area contributed by atoms with E-state index in [9.17, 15) is 14.4 Å². The number of ether oxygens (including phenoxy) is 1. The molecule has 3 rings (SSSR count). The topological polar surface area (TPSA) is 75.7 Å². The van der Waals surface area contributed by atoms with Crippen LogP contribution in [0.5, 0.6) is 5.75 Å². The molecule has 3 amide bonds. The van der Waals surface area contributed by atoms with Crippen molar-refractivity contribution in [3.05, 3.63) is 65.2 Å². The van der Waals surface area contributed by atoms with Crippen LogP contribution in [0.15, 0.2) is 48.5 Å². The van der Waals surface area contributed by atoms with E-state index in [2.05, 4.69) is 19.2 Å². The van der Waals surface area contributed by atoms with Crippen LogP contribution in [0.2, 0.25) is 0 Å². The minimum atomic E-state index is -0.167. The molecule has 0 aliphatic carbocycles. The van der Waals surface area contributed by atoms with E-state index in [0.717, 1.165) is 16.9 Å². The lowest BCUT2D eigenvalue weighted by atomic mass is 9.95. The lowest BCUT2D eigenvalue weighted by Crippen LogP contribution is -2.31. The number of methoxy groups -OCH3 is 1. The van der Waals surface area contributed by atoms with E-state index in [1.54, 1.807) is 31.4 Å². The molecule has 1 N–H and O–H groups in total. The van der Waals surface area contributed by atoms with Crippen LogP contribution in [0.4, 0.5) is 0 Å². The molecule has 0 aromatic heterocycles. The van der Waals surface area contributed by atoms with Crippen molar-refractivity contribution in [2.45, 2.75) is 39.3 Å². The van der Waals surface area contributed by atoms with Gasteiger partial charge in [-0.25, -0.2) is 0 Å². The van der Waals surface area contributed by atoms with Crippen LogP contribution in [0.25, 0.3) is 0 Å². The smallest absolute Gasteiger partial charge is 0.251 e. The Labute approximate surface area is 170 Å². The van der Waals surface area contributed by atoms with Crippen LogP contribution in [-0.4, -0.2) is 29.7 Å². The second kappa shape index (κ2) is 8.90. The van der Waals surface area contributed by atoms with E-state index < -0.39 is 0 Å². The average molecular weight is 394 g/mol. The molecule has 152 valence electrons. The fraction of sp³-hybridized carbons (Fsp3) is 0.348. The molecule has 1 atom stereocenters. The van der Waals surface area contributed by atoms with Crippen LogP contribution < -0.4 is 10.1 Å². The minimum absolute atomic E-state index is 0.132. The molecule has 0 radical (unpaired) electrons. The lowest BCUT2D eigenvalue weighted by Gasteiger charge is -2.23. The predicted octanol–water partition coefficient (Wildman–Crippen LogP) is 3.47. The first-order chi connectivity index (χ1) is 13.9. The summed E-state index contributed by atoms with van der Waals surface area (Å²) in [5.74, 6) is 0.526. The van der Waals surface area contributed by atoms with Gasteiger partial charge in [-0.15, -0.1) is 0 Å². The van der Waals surface area contributed by atoms with Gasteiger partial charge in [0, 0.05) is 18.4 Å². The first-order valence-electron chi connectivity index (χ1n) is 9.76. The predicted molar refractivity (Wildman–Crippen MR) is 109 cm³/mol. The molecule has 6 heteroatoms. The highest BCUT2D eigenvalue weighted by molar-refractivity contribution is 6.01. The summed E-state index contributed by atoms with van der Waals surface area (Å²) >= 11 is 0. The fourth-order valence-electron chi connectivity index (χ4n) is 3.41. The Morgan fingerprint density at radius 2 is 1.59 bits per heavy atom. The van der Waals surface area contributed by atoms with Crippen molar-refractivity contribution in [3.63, 3.8) is 0 Å². The quantitative estimate of drug-likeness (QED) is 0.730. The van der Waals surface area contributed by atoms with Gasteiger partial charge in [0.25, 0.3) is 5.91 Å². The van der Waals surface area contributed by atoms with E-state index in [0.29, 0.717) is 5.56 Å². The van der Waals surface area contributed by atoms with Crippen LogP contribution in [0.3, 0.4) is 0 Å². The van der Waals surface area contributed by atoms with Gasteiger partial charge < -0.3 is 10.1 Å². The maximum atomic E-state index is 12.8. The Morgan fingerprint density at radius 3 is 2.10 bits per heavy atom. The fourth-order valence-corrected chi connectivity index (χ4v) is 3.41. The molecule has 1 fully saturated rings. The molecule has 6 nitrogen and oxygen atoms in total. The molecule has 29 heavy (non-hydrogen) atoms. The van der Waals surface area contributed by atoms with Crippen molar-refractivity contribution in [1.29, 1.82) is 0 Å². The summed E-state index contributed by atoms with van der Waals surface area (Å²) in [6, 6.07) is 14.6. The van der Waals surface area contributed by atoms with Crippen molar-refractivity contribution in [2.24, 2.45) is 5.92 Å². The van der Waals surface area contributed by atoms with Gasteiger partial charge in [0.15, 0.2) is 0 Å². The van der Waals surface area contributed by atoms with Gasteiger partial charge in [-0.1, -0.05) is 38.1 Å². The number of nitrogens with zero attached hydrogens (tertiary/aromatic N) is 1. The van der Waals surface area contributed by atoms with Gasteiger partial charge in [0.05, 0.1) is 19.7 Å². The summed E-state index contributed by atoms with van der Waals surface area (Å²) in [7, 11) is 1.62. The van der Waals surface area contributed by atoms with E-state index in [-0.39, 0.29) is 49.1 Å². The number of carbonyl (C=O) groups excluding carboxylic acids is 3. The van der Waals surface area contributed by atoms with Gasteiger partial charge in [-0.3, -0.25) is 19.3 Å². The number of hydrogen-bond donors (Lipinski definition) is 1. The maximum absolute atomic E-state index is 12.8. The van der Waals surface area contributed by atoms with Crippen molar-refractivity contribution < 1.29 is 19.1 Å². The number of benzene rings is 2. The zero-order valence-electron chi connectivity index (χ0n) is 17.0. The molecule has 0 saturated carbocycles. The summed E-state index contributed by atoms with van der Waals surface area (Å²) in [6.07, 6.45) is 0.558. The minimum Gasteiger partial charge on any atom is -0.497 e. The molecule has 1 aliphatic rings. The molecular weight excluding hydrogens is 368 g/mol. The van der Waals surface area contributed by atoms with Crippen LogP contribution >= 0.6 is 0 Å². The molecule has 0 bridgehead atoms. The standard InChI is InChI=1S/C23H26N2O4/c1-15(2)22(17-8-10-19(29-3)11-9-17)24-23(28)18-6-4-16(5-7-18)14-25-20(26)12-13-21(25)27/h4-11,15,22H,12-14H2,1-3H3,(H,24,28)/t22-/m1/s1. The first kappa shape index (κ1) is 20.6. The Morgan fingerprint density at radius 1 is 1.00 bits per heavy atom. The lowest BCUT2D eigenvalue weighted by molar-refractivity contribution is -0.139.